The van der Waals surface area contributed by atoms with Gasteiger partial charge in [-0.25, -0.2) is 4.39 Å². The van der Waals surface area contributed by atoms with E-state index in [0.717, 1.165) is 36.2 Å². The van der Waals surface area contributed by atoms with Crippen LogP contribution in [0, 0.1) is 5.82 Å². The normalized spacial score (nSPS) is 10.7. The Kier molecular flexibility index (Phi) is 3.88. The number of nitrogens with one attached hydrogen (secondary N) is 2. The highest BCUT2D eigenvalue weighted by Gasteiger charge is 2.07. The Balaban J connectivity index is 2.18. The molecule has 1 heterocycles. The molecule has 3 nitrogen and oxygen atoms in total. The summed E-state index contributed by atoms with van der Waals surface area (Å²) >= 11 is 0. The largest absolute Gasteiger partial charge is 0.320 e. The van der Waals surface area contributed by atoms with Crippen LogP contribution in [0.3, 0.4) is 0 Å². The van der Waals surface area contributed by atoms with E-state index in [2.05, 4.69) is 15.5 Å². The highest BCUT2D eigenvalue weighted by atomic mass is 19.1. The third-order valence-electron chi connectivity index (χ3n) is 2.70. The Hall–Kier alpha value is -1.68. The van der Waals surface area contributed by atoms with E-state index in [9.17, 15) is 4.39 Å². The first kappa shape index (κ1) is 11.8. The molecule has 0 radical (unpaired) electrons. The maximum atomic E-state index is 13.2. The Morgan fingerprint density at radius 3 is 3.06 bits per heavy atom. The molecule has 0 aliphatic carbocycles. The number of aromatic amines is 1. The fourth-order valence-corrected chi connectivity index (χ4v) is 1.85. The van der Waals surface area contributed by atoms with E-state index in [0.29, 0.717) is 0 Å². The third kappa shape index (κ3) is 2.91. The lowest BCUT2D eigenvalue weighted by atomic mass is 10.0. The fraction of sp³-hybridized carbons (Fsp3) is 0.308. The summed E-state index contributed by atoms with van der Waals surface area (Å²) in [6.45, 7) is 0.966. The summed E-state index contributed by atoms with van der Waals surface area (Å²) in [5.41, 5.74) is 2.90. The molecule has 0 atom stereocenters. The molecule has 4 heteroatoms. The van der Waals surface area contributed by atoms with E-state index in [-0.39, 0.29) is 5.82 Å². The lowest BCUT2D eigenvalue weighted by molar-refractivity contribution is 0.628. The van der Waals surface area contributed by atoms with Gasteiger partial charge in [-0.15, -0.1) is 0 Å². The summed E-state index contributed by atoms with van der Waals surface area (Å²) in [7, 11) is 1.93. The Morgan fingerprint density at radius 1 is 1.41 bits per heavy atom. The van der Waals surface area contributed by atoms with Gasteiger partial charge in [0.2, 0.25) is 0 Å². The summed E-state index contributed by atoms with van der Waals surface area (Å²) in [4.78, 5) is 0. The fourth-order valence-electron chi connectivity index (χ4n) is 1.85. The minimum atomic E-state index is -0.224. The topological polar surface area (TPSA) is 40.7 Å². The van der Waals surface area contributed by atoms with Crippen LogP contribution in [0.2, 0.25) is 0 Å². The Morgan fingerprint density at radius 2 is 2.29 bits per heavy atom. The maximum absolute atomic E-state index is 13.2. The molecule has 2 aromatic rings. The molecule has 2 rings (SSSR count). The lowest BCUT2D eigenvalue weighted by Crippen LogP contribution is -2.08. The number of halogens is 1. The predicted molar refractivity (Wildman–Crippen MR) is 66.2 cm³/mol. The van der Waals surface area contributed by atoms with Crippen molar-refractivity contribution < 1.29 is 4.39 Å². The van der Waals surface area contributed by atoms with Crippen LogP contribution in [0.1, 0.15) is 12.0 Å². The molecule has 90 valence electrons. The first-order chi connectivity index (χ1) is 8.31. The highest BCUT2D eigenvalue weighted by Crippen LogP contribution is 2.22. The van der Waals surface area contributed by atoms with Gasteiger partial charge in [-0.1, -0.05) is 12.1 Å². The molecule has 2 N–H and O–H groups in total. The van der Waals surface area contributed by atoms with Crippen molar-refractivity contribution in [2.24, 2.45) is 0 Å². The van der Waals surface area contributed by atoms with Gasteiger partial charge in [0, 0.05) is 5.56 Å². The lowest BCUT2D eigenvalue weighted by Gasteiger charge is -2.03. The van der Waals surface area contributed by atoms with Crippen LogP contribution in [-0.2, 0) is 6.42 Å². The van der Waals surface area contributed by atoms with E-state index in [1.165, 1.54) is 12.1 Å². The van der Waals surface area contributed by atoms with Crippen LogP contribution in [-0.4, -0.2) is 23.8 Å². The predicted octanol–water partition coefficient (Wildman–Crippen LogP) is 2.37. The van der Waals surface area contributed by atoms with E-state index < -0.39 is 0 Å². The summed E-state index contributed by atoms with van der Waals surface area (Å²) in [5.74, 6) is -0.224. The number of aryl methyl sites for hydroxylation is 1. The van der Waals surface area contributed by atoms with Crippen LogP contribution in [0.5, 0.6) is 0 Å². The number of hydrogen-bond donors (Lipinski definition) is 2. The van der Waals surface area contributed by atoms with Gasteiger partial charge in [-0.2, -0.15) is 5.10 Å². The smallest absolute Gasteiger partial charge is 0.123 e. The standard InChI is InChI=1S/C13H16FN3/c1-15-7-3-5-11-9-16-17-13(11)10-4-2-6-12(14)8-10/h2,4,6,8-9,15H,3,5,7H2,1H3,(H,16,17). The molecule has 1 aromatic carbocycles. The molecule has 0 aliphatic rings. The molecule has 0 bridgehead atoms. The number of benzene rings is 1. The Labute approximate surface area is 100 Å². The van der Waals surface area contributed by atoms with Crippen LogP contribution in [0.15, 0.2) is 30.5 Å². The van der Waals surface area contributed by atoms with E-state index in [1.807, 2.05) is 19.3 Å². The molecule has 1 aromatic heterocycles. The number of hydrogen-bond acceptors (Lipinski definition) is 2. The quantitative estimate of drug-likeness (QED) is 0.778. The maximum Gasteiger partial charge on any atom is 0.123 e. The molecular formula is C13H16FN3. The molecule has 0 aliphatic heterocycles. The minimum absolute atomic E-state index is 0.224. The number of nitrogens with zero attached hydrogens (tertiary/aromatic N) is 1. The van der Waals surface area contributed by atoms with Crippen molar-refractivity contribution in [3.05, 3.63) is 41.8 Å². The number of aromatic nitrogens is 2. The second-order valence-corrected chi connectivity index (χ2v) is 3.99. The van der Waals surface area contributed by atoms with E-state index >= 15 is 0 Å². The van der Waals surface area contributed by atoms with Crippen molar-refractivity contribution in [1.29, 1.82) is 0 Å². The van der Waals surface area contributed by atoms with E-state index in [4.69, 9.17) is 0 Å². The van der Waals surface area contributed by atoms with Gasteiger partial charge in [0.1, 0.15) is 5.82 Å². The molecule has 0 saturated carbocycles. The summed E-state index contributed by atoms with van der Waals surface area (Å²) in [5, 5.41) is 10.1. The van der Waals surface area contributed by atoms with E-state index in [1.54, 1.807) is 6.07 Å². The van der Waals surface area contributed by atoms with Crippen molar-refractivity contribution in [2.45, 2.75) is 12.8 Å². The van der Waals surface area contributed by atoms with Gasteiger partial charge in [0.05, 0.1) is 11.9 Å². The van der Waals surface area contributed by atoms with Gasteiger partial charge in [0.15, 0.2) is 0 Å². The summed E-state index contributed by atoms with van der Waals surface area (Å²) in [6, 6.07) is 6.57. The van der Waals surface area contributed by atoms with Crippen molar-refractivity contribution in [3.63, 3.8) is 0 Å². The monoisotopic (exact) mass is 233 g/mol. The molecule has 0 unspecified atom stereocenters. The van der Waals surface area contributed by atoms with Crippen molar-refractivity contribution in [2.75, 3.05) is 13.6 Å². The second-order valence-electron chi connectivity index (χ2n) is 3.99. The van der Waals surface area contributed by atoms with Gasteiger partial charge in [0.25, 0.3) is 0 Å². The van der Waals surface area contributed by atoms with Crippen LogP contribution < -0.4 is 5.32 Å². The van der Waals surface area contributed by atoms with Crippen molar-refractivity contribution in [1.82, 2.24) is 15.5 Å². The average molecular weight is 233 g/mol. The van der Waals surface area contributed by atoms with Crippen LogP contribution >= 0.6 is 0 Å². The third-order valence-corrected chi connectivity index (χ3v) is 2.70. The summed E-state index contributed by atoms with van der Waals surface area (Å²) < 4.78 is 13.2. The molecule has 0 saturated heterocycles. The zero-order chi connectivity index (χ0) is 12.1. The molecule has 0 amide bonds. The minimum Gasteiger partial charge on any atom is -0.320 e. The molecule has 0 spiro atoms. The van der Waals surface area contributed by atoms with Crippen molar-refractivity contribution >= 4 is 0 Å². The Bertz CT molecular complexity index is 479. The molecule has 0 fully saturated rings. The van der Waals surface area contributed by atoms with Crippen LogP contribution in [0.4, 0.5) is 4.39 Å². The van der Waals surface area contributed by atoms with Gasteiger partial charge < -0.3 is 5.32 Å². The SMILES string of the molecule is CNCCCc1cn[nH]c1-c1cccc(F)c1. The van der Waals surface area contributed by atoms with Gasteiger partial charge in [-0.05, 0) is 44.1 Å². The first-order valence-electron chi connectivity index (χ1n) is 5.74. The molecule has 17 heavy (non-hydrogen) atoms. The first-order valence-corrected chi connectivity index (χ1v) is 5.74. The van der Waals surface area contributed by atoms with Crippen LogP contribution in [0.25, 0.3) is 11.3 Å². The zero-order valence-corrected chi connectivity index (χ0v) is 9.83. The number of rotatable bonds is 5. The average Bonchev–Trinajstić information content (AvgIpc) is 2.78. The van der Waals surface area contributed by atoms with Gasteiger partial charge >= 0.3 is 0 Å². The summed E-state index contributed by atoms with van der Waals surface area (Å²) in [6.07, 6.45) is 3.79. The highest BCUT2D eigenvalue weighted by molar-refractivity contribution is 5.62. The number of H-pyrrole nitrogens is 1. The second kappa shape index (κ2) is 5.59. The zero-order valence-electron chi connectivity index (χ0n) is 9.83. The van der Waals surface area contributed by atoms with Crippen molar-refractivity contribution in [3.8, 4) is 11.3 Å². The molecular weight excluding hydrogens is 217 g/mol. The van der Waals surface area contributed by atoms with Gasteiger partial charge in [-0.3, -0.25) is 5.10 Å².